The lowest BCUT2D eigenvalue weighted by atomic mass is 9.73. The fourth-order valence-electron chi connectivity index (χ4n) is 6.40. The van der Waals surface area contributed by atoms with Crippen LogP contribution in [0.3, 0.4) is 0 Å². The van der Waals surface area contributed by atoms with Gasteiger partial charge in [0.1, 0.15) is 11.4 Å². The van der Waals surface area contributed by atoms with Crippen LogP contribution < -0.4 is 4.74 Å². The van der Waals surface area contributed by atoms with E-state index in [4.69, 9.17) is 18.8 Å². The molecule has 0 bridgehead atoms. The van der Waals surface area contributed by atoms with Crippen LogP contribution >= 0.6 is 0 Å². The molecule has 1 aliphatic carbocycles. The first kappa shape index (κ1) is 35.8. The highest BCUT2D eigenvalue weighted by molar-refractivity contribution is 7.97. The summed E-state index contributed by atoms with van der Waals surface area (Å²) in [7, 11) is -6.19. The van der Waals surface area contributed by atoms with Crippen LogP contribution in [0.2, 0.25) is 0 Å². The molecule has 3 aromatic rings. The molecule has 0 aromatic heterocycles. The highest BCUT2D eigenvalue weighted by Crippen LogP contribution is 2.46. The van der Waals surface area contributed by atoms with Gasteiger partial charge in [0.2, 0.25) is 0 Å². The van der Waals surface area contributed by atoms with Gasteiger partial charge in [0, 0.05) is 0 Å². The van der Waals surface area contributed by atoms with Crippen molar-refractivity contribution in [2.24, 2.45) is 5.92 Å². The average molecular weight is 690 g/mol. The fourth-order valence-corrected chi connectivity index (χ4v) is 8.91. The Hall–Kier alpha value is -2.50. The highest BCUT2D eigenvalue weighted by Gasteiger charge is 2.51. The van der Waals surface area contributed by atoms with E-state index < -0.39 is 38.0 Å². The Morgan fingerprint density at radius 1 is 0.830 bits per heavy atom. The molecule has 256 valence electrons. The molecule has 10 heteroatoms. The monoisotopic (exact) mass is 689 g/mol. The van der Waals surface area contributed by atoms with Gasteiger partial charge < -0.3 is 14.2 Å². The molecule has 0 radical (unpaired) electrons. The van der Waals surface area contributed by atoms with Crippen LogP contribution in [-0.4, -0.2) is 43.1 Å². The number of ether oxygens (including phenoxy) is 3. The molecule has 3 aromatic carbocycles. The SMILES string of the molecule is CC(Oc1ccc([S+](c2ccc(C(C)(C)C)cc2)c2ccc(C3(C4CCCCC4)COC(C)(C)CO3)cc2)cc1)C(F)(F)S(=O)(=O)O. The van der Waals surface area contributed by atoms with Crippen LogP contribution in [0.4, 0.5) is 8.78 Å². The maximum absolute atomic E-state index is 14.1. The minimum Gasteiger partial charge on any atom is -0.483 e. The number of alkyl halides is 2. The topological polar surface area (TPSA) is 82.1 Å². The largest absolute Gasteiger partial charge is 0.483 e. The fraction of sp³-hybridized carbons (Fsp3) is 0.514. The Bertz CT molecular complexity index is 1600. The van der Waals surface area contributed by atoms with Gasteiger partial charge in [-0.1, -0.05) is 64.3 Å². The number of benzene rings is 3. The maximum atomic E-state index is 14.1. The summed E-state index contributed by atoms with van der Waals surface area (Å²) in [5, 5.41) is -4.45. The molecule has 0 amide bonds. The average Bonchev–Trinajstić information content (AvgIpc) is 3.02. The van der Waals surface area contributed by atoms with Crippen molar-refractivity contribution in [3.63, 3.8) is 0 Å². The lowest BCUT2D eigenvalue weighted by molar-refractivity contribution is -0.251. The molecule has 47 heavy (non-hydrogen) atoms. The third-order valence-corrected chi connectivity index (χ3v) is 12.6. The van der Waals surface area contributed by atoms with Crippen molar-refractivity contribution in [1.82, 2.24) is 0 Å². The summed E-state index contributed by atoms with van der Waals surface area (Å²) in [5.74, 6) is 0.447. The third-order valence-electron chi connectivity index (χ3n) is 9.34. The third kappa shape index (κ3) is 7.72. The van der Waals surface area contributed by atoms with Crippen molar-refractivity contribution in [2.75, 3.05) is 13.2 Å². The van der Waals surface area contributed by atoms with E-state index in [9.17, 15) is 17.2 Å². The molecule has 6 nitrogen and oxygen atoms in total. The highest BCUT2D eigenvalue weighted by atomic mass is 32.2. The minimum atomic E-state index is -5.63. The zero-order valence-electron chi connectivity index (χ0n) is 28.1. The van der Waals surface area contributed by atoms with Crippen LogP contribution in [-0.2, 0) is 41.5 Å². The van der Waals surface area contributed by atoms with Gasteiger partial charge in [0.05, 0.1) is 29.7 Å². The zero-order chi connectivity index (χ0) is 34.3. The molecular weight excluding hydrogens is 643 g/mol. The van der Waals surface area contributed by atoms with E-state index in [-0.39, 0.29) is 16.8 Å². The molecule has 1 aliphatic heterocycles. The lowest BCUT2D eigenvalue weighted by Gasteiger charge is -2.49. The van der Waals surface area contributed by atoms with E-state index in [1.165, 1.54) is 24.8 Å². The first-order chi connectivity index (χ1) is 21.9. The second kappa shape index (κ2) is 13.4. The van der Waals surface area contributed by atoms with Gasteiger partial charge in [0.15, 0.2) is 20.8 Å². The Morgan fingerprint density at radius 2 is 1.34 bits per heavy atom. The summed E-state index contributed by atoms with van der Waals surface area (Å²) < 4.78 is 78.1. The van der Waals surface area contributed by atoms with Gasteiger partial charge in [-0.25, -0.2) is 0 Å². The normalized spacial score (nSPS) is 22.4. The summed E-state index contributed by atoms with van der Waals surface area (Å²) in [6, 6.07) is 24.0. The lowest BCUT2D eigenvalue weighted by Crippen LogP contribution is -2.53. The predicted octanol–water partition coefficient (Wildman–Crippen LogP) is 8.93. The maximum Gasteiger partial charge on any atom is 0.405 e. The van der Waals surface area contributed by atoms with Gasteiger partial charge in [-0.05, 0) is 105 Å². The quantitative estimate of drug-likeness (QED) is 0.179. The zero-order valence-corrected chi connectivity index (χ0v) is 29.7. The van der Waals surface area contributed by atoms with E-state index >= 15 is 0 Å². The van der Waals surface area contributed by atoms with Crippen molar-refractivity contribution in [3.8, 4) is 5.75 Å². The predicted molar refractivity (Wildman–Crippen MR) is 181 cm³/mol. The van der Waals surface area contributed by atoms with Gasteiger partial charge in [-0.15, -0.1) is 0 Å². The van der Waals surface area contributed by atoms with E-state index in [1.807, 2.05) is 12.1 Å². The second-order valence-corrected chi connectivity index (χ2v) is 18.0. The molecule has 2 aliphatic rings. The van der Waals surface area contributed by atoms with Crippen molar-refractivity contribution < 1.29 is 36.0 Å². The number of halogens is 2. The van der Waals surface area contributed by atoms with Gasteiger partial charge in [-0.2, -0.15) is 17.2 Å². The van der Waals surface area contributed by atoms with Crippen molar-refractivity contribution in [1.29, 1.82) is 0 Å². The smallest absolute Gasteiger partial charge is 0.405 e. The standard InChI is InChI=1S/C37H46F2O6S2/c1-26(37(38,39)47(40,41)42)45-30-16-22-33(23-17-30)46(31-18-12-27(13-19-31)34(2,3)4)32-20-14-29(15-21-32)36(28-10-8-7-9-11-28)25-43-35(5,6)24-44-36/h12-23,26,28H,7-11,24-25H2,1-6H3/p+1. The summed E-state index contributed by atoms with van der Waals surface area (Å²) in [6.07, 6.45) is 3.76. The van der Waals surface area contributed by atoms with E-state index in [0.29, 0.717) is 19.1 Å². The molecule has 3 atom stereocenters. The number of hydrogen-bond donors (Lipinski definition) is 1. The van der Waals surface area contributed by atoms with Crippen LogP contribution in [0.1, 0.15) is 84.8 Å². The Labute approximate surface area is 281 Å². The van der Waals surface area contributed by atoms with Crippen LogP contribution in [0.25, 0.3) is 0 Å². The summed E-state index contributed by atoms with van der Waals surface area (Å²) in [4.78, 5) is 3.10. The number of hydrogen-bond acceptors (Lipinski definition) is 5. The summed E-state index contributed by atoms with van der Waals surface area (Å²) in [5.41, 5.74) is 1.49. The van der Waals surface area contributed by atoms with Crippen molar-refractivity contribution in [2.45, 2.75) is 116 Å². The van der Waals surface area contributed by atoms with E-state index in [2.05, 4.69) is 83.1 Å². The van der Waals surface area contributed by atoms with E-state index in [0.717, 1.165) is 40.0 Å². The number of rotatable bonds is 9. The van der Waals surface area contributed by atoms with Crippen molar-refractivity contribution in [3.05, 3.63) is 83.9 Å². The molecular formula is C37H47F2O6S2+. The van der Waals surface area contributed by atoms with Crippen LogP contribution in [0.5, 0.6) is 5.75 Å². The Kier molecular flexibility index (Phi) is 10.2. The molecule has 1 heterocycles. The Balaban J connectivity index is 1.49. The molecule has 2 fully saturated rings. The van der Waals surface area contributed by atoms with Crippen molar-refractivity contribution >= 4 is 21.0 Å². The summed E-state index contributed by atoms with van der Waals surface area (Å²) >= 11 is 0. The Morgan fingerprint density at radius 3 is 1.81 bits per heavy atom. The molecule has 1 N–H and O–H groups in total. The molecule has 1 saturated heterocycles. The molecule has 3 unspecified atom stereocenters. The second-order valence-electron chi connectivity index (χ2n) is 14.4. The van der Waals surface area contributed by atoms with E-state index in [1.54, 1.807) is 12.1 Å². The molecule has 0 spiro atoms. The molecule has 1 saturated carbocycles. The van der Waals surface area contributed by atoms with Gasteiger partial charge in [0.25, 0.3) is 0 Å². The van der Waals surface area contributed by atoms with Gasteiger partial charge in [-0.3, -0.25) is 4.55 Å². The first-order valence-corrected chi connectivity index (χ1v) is 18.9. The molecule has 5 rings (SSSR count). The van der Waals surface area contributed by atoms with Crippen LogP contribution in [0.15, 0.2) is 87.5 Å². The van der Waals surface area contributed by atoms with Gasteiger partial charge >= 0.3 is 15.4 Å². The first-order valence-electron chi connectivity index (χ1n) is 16.3. The summed E-state index contributed by atoms with van der Waals surface area (Å²) in [6.45, 7) is 12.6. The minimum absolute atomic E-state index is 0.0113. The van der Waals surface area contributed by atoms with Crippen LogP contribution in [0, 0.1) is 5.92 Å².